The summed E-state index contributed by atoms with van der Waals surface area (Å²) in [6.07, 6.45) is 2.22. The Hall–Kier alpha value is -3.26. The Morgan fingerprint density at radius 2 is 1.89 bits per heavy atom. The first-order valence-electron chi connectivity index (χ1n) is 12.0. The number of rotatable bonds is 10. The lowest BCUT2D eigenvalue weighted by Gasteiger charge is -2.28. The highest BCUT2D eigenvalue weighted by Gasteiger charge is 2.35. The van der Waals surface area contributed by atoms with E-state index in [1.54, 1.807) is 16.4 Å². The molecule has 4 rings (SSSR count). The van der Waals surface area contributed by atoms with Crippen molar-refractivity contribution in [2.45, 2.75) is 58.3 Å². The highest BCUT2D eigenvalue weighted by Crippen LogP contribution is 2.37. The standard InChI is InChI=1S/C27H32N4O3S/c1-5-7-16-35-27-29-26-28-19(4)23(25(32)33-6-2)24(31(26)30-27)20-12-14-22(15-13-20)34-17-21-11-9-8-10-18(21)3/h8-15,24H,5-7,16-17H2,1-4H3,(H,28,29,30). The first-order valence-corrected chi connectivity index (χ1v) is 13.0. The molecular weight excluding hydrogens is 460 g/mol. The molecule has 1 aliphatic rings. The first kappa shape index (κ1) is 24.9. The number of aromatic nitrogens is 3. The van der Waals surface area contributed by atoms with E-state index in [4.69, 9.17) is 14.6 Å². The molecule has 2 aromatic carbocycles. The van der Waals surface area contributed by atoms with Crippen molar-refractivity contribution in [1.82, 2.24) is 14.8 Å². The number of unbranched alkanes of at least 4 members (excludes halogenated alkanes) is 1. The Kier molecular flexibility index (Phi) is 8.13. The molecule has 0 bridgehead atoms. The average Bonchev–Trinajstić information content (AvgIpc) is 3.25. The number of esters is 1. The summed E-state index contributed by atoms with van der Waals surface area (Å²) in [7, 11) is 0. The first-order chi connectivity index (χ1) is 17.0. The largest absolute Gasteiger partial charge is 0.489 e. The molecular formula is C27H32N4O3S. The fraction of sp³-hybridized carbons (Fsp3) is 0.370. The van der Waals surface area contributed by atoms with E-state index in [-0.39, 0.29) is 5.97 Å². The summed E-state index contributed by atoms with van der Waals surface area (Å²) in [5.74, 6) is 1.98. The van der Waals surface area contributed by atoms with Gasteiger partial charge in [-0.25, -0.2) is 9.48 Å². The maximum absolute atomic E-state index is 13.0. The number of hydrogen-bond donors (Lipinski definition) is 1. The number of fused-ring (bicyclic) bond motifs is 1. The van der Waals surface area contributed by atoms with Gasteiger partial charge < -0.3 is 14.8 Å². The Morgan fingerprint density at radius 1 is 1.11 bits per heavy atom. The van der Waals surface area contributed by atoms with Crippen molar-refractivity contribution in [3.8, 4) is 5.75 Å². The minimum Gasteiger partial charge on any atom is -0.489 e. The molecule has 35 heavy (non-hydrogen) atoms. The van der Waals surface area contributed by atoms with Crippen LogP contribution < -0.4 is 10.1 Å². The molecule has 1 N–H and O–H groups in total. The van der Waals surface area contributed by atoms with Crippen LogP contribution in [0.4, 0.5) is 5.95 Å². The number of nitrogens with zero attached hydrogens (tertiary/aromatic N) is 3. The number of benzene rings is 2. The zero-order valence-electron chi connectivity index (χ0n) is 20.7. The third kappa shape index (κ3) is 5.70. The summed E-state index contributed by atoms with van der Waals surface area (Å²) in [6.45, 7) is 8.73. The molecule has 0 saturated heterocycles. The Labute approximate surface area is 210 Å². The van der Waals surface area contributed by atoms with Crippen LogP contribution in [0.25, 0.3) is 0 Å². The number of aryl methyl sites for hydroxylation is 1. The van der Waals surface area contributed by atoms with Crippen LogP contribution in [0.2, 0.25) is 0 Å². The minimum absolute atomic E-state index is 0.302. The Bertz CT molecular complexity index is 1200. The molecule has 7 nitrogen and oxygen atoms in total. The predicted molar refractivity (Wildman–Crippen MR) is 139 cm³/mol. The van der Waals surface area contributed by atoms with Gasteiger partial charge in [0.05, 0.1) is 12.2 Å². The van der Waals surface area contributed by atoms with Gasteiger partial charge in [-0.05, 0) is 56.0 Å². The molecule has 1 aromatic heterocycles. The topological polar surface area (TPSA) is 78.3 Å². The number of hydrogen-bond acceptors (Lipinski definition) is 7. The summed E-state index contributed by atoms with van der Waals surface area (Å²) >= 11 is 1.63. The third-order valence-corrected chi connectivity index (χ3v) is 6.83. The van der Waals surface area contributed by atoms with Crippen LogP contribution in [0.15, 0.2) is 65.0 Å². The van der Waals surface area contributed by atoms with Crippen LogP contribution in [-0.4, -0.2) is 33.1 Å². The minimum atomic E-state index is -0.441. The van der Waals surface area contributed by atoms with Crippen molar-refractivity contribution in [1.29, 1.82) is 0 Å². The monoisotopic (exact) mass is 492 g/mol. The molecule has 0 amide bonds. The second-order valence-electron chi connectivity index (χ2n) is 8.44. The molecule has 184 valence electrons. The maximum atomic E-state index is 13.0. The molecule has 0 fully saturated rings. The maximum Gasteiger partial charge on any atom is 0.338 e. The highest BCUT2D eigenvalue weighted by atomic mass is 32.2. The van der Waals surface area contributed by atoms with Gasteiger partial charge in [-0.15, -0.1) is 5.10 Å². The van der Waals surface area contributed by atoms with E-state index >= 15 is 0 Å². The second kappa shape index (κ2) is 11.4. The van der Waals surface area contributed by atoms with E-state index in [9.17, 15) is 4.79 Å². The van der Waals surface area contributed by atoms with Crippen LogP contribution in [0, 0.1) is 6.92 Å². The molecule has 1 atom stereocenters. The van der Waals surface area contributed by atoms with Crippen molar-refractivity contribution in [2.24, 2.45) is 0 Å². The van der Waals surface area contributed by atoms with Gasteiger partial charge in [-0.2, -0.15) is 4.98 Å². The summed E-state index contributed by atoms with van der Waals surface area (Å²) in [5.41, 5.74) is 4.51. The van der Waals surface area contributed by atoms with E-state index in [2.05, 4.69) is 36.3 Å². The third-order valence-electron chi connectivity index (χ3n) is 5.91. The number of thioether (sulfide) groups is 1. The highest BCUT2D eigenvalue weighted by molar-refractivity contribution is 7.99. The number of anilines is 1. The van der Waals surface area contributed by atoms with Crippen molar-refractivity contribution in [3.63, 3.8) is 0 Å². The molecule has 2 heterocycles. The van der Waals surface area contributed by atoms with Crippen LogP contribution in [0.1, 0.15) is 56.3 Å². The number of nitrogens with one attached hydrogen (secondary N) is 1. The Balaban J connectivity index is 1.61. The van der Waals surface area contributed by atoms with Gasteiger partial charge in [-0.1, -0.05) is 61.5 Å². The summed E-state index contributed by atoms with van der Waals surface area (Å²) in [5, 5.41) is 8.69. The van der Waals surface area contributed by atoms with Crippen LogP contribution in [-0.2, 0) is 16.1 Å². The predicted octanol–water partition coefficient (Wildman–Crippen LogP) is 5.91. The zero-order chi connectivity index (χ0) is 24.8. The van der Waals surface area contributed by atoms with Crippen LogP contribution >= 0.6 is 11.8 Å². The van der Waals surface area contributed by atoms with Crippen LogP contribution in [0.5, 0.6) is 5.75 Å². The average molecular weight is 493 g/mol. The summed E-state index contributed by atoms with van der Waals surface area (Å²) in [4.78, 5) is 17.6. The lowest BCUT2D eigenvalue weighted by Crippen LogP contribution is -2.29. The smallest absolute Gasteiger partial charge is 0.338 e. The van der Waals surface area contributed by atoms with Gasteiger partial charge in [-0.3, -0.25) is 0 Å². The molecule has 8 heteroatoms. The lowest BCUT2D eigenvalue weighted by molar-refractivity contribution is -0.139. The Morgan fingerprint density at radius 3 is 2.60 bits per heavy atom. The van der Waals surface area contributed by atoms with Crippen molar-refractivity contribution in [3.05, 3.63) is 76.5 Å². The van der Waals surface area contributed by atoms with Gasteiger partial charge in [0, 0.05) is 11.4 Å². The molecule has 0 spiro atoms. The van der Waals surface area contributed by atoms with E-state index in [1.165, 1.54) is 5.56 Å². The van der Waals surface area contributed by atoms with E-state index in [1.807, 2.05) is 50.2 Å². The number of carbonyl (C=O) groups excluding carboxylic acids is 1. The second-order valence-corrected chi connectivity index (χ2v) is 9.50. The van der Waals surface area contributed by atoms with Crippen LogP contribution in [0.3, 0.4) is 0 Å². The lowest BCUT2D eigenvalue weighted by atomic mass is 9.96. The van der Waals surface area contributed by atoms with E-state index < -0.39 is 6.04 Å². The van der Waals surface area contributed by atoms with Gasteiger partial charge in [0.2, 0.25) is 11.1 Å². The van der Waals surface area contributed by atoms with Gasteiger partial charge in [0.15, 0.2) is 0 Å². The van der Waals surface area contributed by atoms with Gasteiger partial charge in [0.1, 0.15) is 18.4 Å². The van der Waals surface area contributed by atoms with E-state index in [0.717, 1.165) is 41.2 Å². The number of carbonyl (C=O) groups is 1. The number of allylic oxidation sites excluding steroid dienone is 1. The van der Waals surface area contributed by atoms with Crippen molar-refractivity contribution < 1.29 is 14.3 Å². The van der Waals surface area contributed by atoms with Gasteiger partial charge >= 0.3 is 5.97 Å². The molecule has 1 aliphatic heterocycles. The summed E-state index contributed by atoms with van der Waals surface area (Å²) < 4.78 is 13.2. The molecule has 3 aromatic rings. The normalized spacial score (nSPS) is 14.9. The fourth-order valence-corrected chi connectivity index (χ4v) is 4.87. The van der Waals surface area contributed by atoms with E-state index in [0.29, 0.717) is 29.9 Å². The number of ether oxygens (including phenoxy) is 2. The molecule has 0 saturated carbocycles. The summed E-state index contributed by atoms with van der Waals surface area (Å²) in [6, 6.07) is 15.6. The van der Waals surface area contributed by atoms with Crippen molar-refractivity contribution in [2.75, 3.05) is 17.7 Å². The molecule has 0 aliphatic carbocycles. The SMILES string of the molecule is CCCCSc1nc2n(n1)C(c1ccc(OCc3ccccc3C)cc1)C(C(=O)OCC)=C(C)N2. The zero-order valence-corrected chi connectivity index (χ0v) is 21.5. The van der Waals surface area contributed by atoms with Gasteiger partial charge in [0.25, 0.3) is 0 Å². The quantitative estimate of drug-likeness (QED) is 0.214. The molecule has 1 unspecified atom stereocenters. The molecule has 0 radical (unpaired) electrons. The van der Waals surface area contributed by atoms with Crippen molar-refractivity contribution >= 4 is 23.7 Å². The fourth-order valence-electron chi connectivity index (χ4n) is 3.96.